The van der Waals surface area contributed by atoms with Crippen LogP contribution in [0.15, 0.2) is 39.7 Å². The number of carbonyl (C=O) groups is 1. The van der Waals surface area contributed by atoms with Gasteiger partial charge in [-0.25, -0.2) is 4.39 Å². The zero-order valence-electron chi connectivity index (χ0n) is 12.8. The lowest BCUT2D eigenvalue weighted by Crippen LogP contribution is -2.45. The predicted molar refractivity (Wildman–Crippen MR) is 88.9 cm³/mol. The molecule has 0 saturated carbocycles. The number of rotatable bonds is 1. The van der Waals surface area contributed by atoms with Crippen molar-refractivity contribution >= 4 is 21.8 Å². The van der Waals surface area contributed by atoms with Crippen LogP contribution >= 0.6 is 15.9 Å². The molecule has 2 heterocycles. The first kappa shape index (κ1) is 15.9. The summed E-state index contributed by atoms with van der Waals surface area (Å²) < 4.78 is 13.8. The van der Waals surface area contributed by atoms with Crippen molar-refractivity contribution < 1.29 is 9.18 Å². The molecule has 3 rings (SSSR count). The molecule has 1 N–H and O–H groups in total. The molecule has 120 valence electrons. The van der Waals surface area contributed by atoms with E-state index in [2.05, 4.69) is 20.9 Å². The Morgan fingerprint density at radius 1 is 1.35 bits per heavy atom. The number of H-pyrrole nitrogens is 1. The van der Waals surface area contributed by atoms with Crippen molar-refractivity contribution in [3.05, 3.63) is 67.8 Å². The van der Waals surface area contributed by atoms with Gasteiger partial charge >= 0.3 is 0 Å². The molecule has 2 aromatic rings. The third kappa shape index (κ3) is 2.83. The summed E-state index contributed by atoms with van der Waals surface area (Å²) in [7, 11) is 0. The number of aromatic nitrogens is 1. The van der Waals surface area contributed by atoms with E-state index in [1.165, 1.54) is 18.3 Å². The molecule has 0 bridgehead atoms. The molecule has 0 radical (unpaired) electrons. The smallest absolute Gasteiger partial charge is 0.262 e. The van der Waals surface area contributed by atoms with E-state index in [9.17, 15) is 14.0 Å². The van der Waals surface area contributed by atoms with Crippen LogP contribution in [0.25, 0.3) is 0 Å². The van der Waals surface area contributed by atoms with Crippen LogP contribution in [-0.2, 0) is 6.42 Å². The van der Waals surface area contributed by atoms with Crippen LogP contribution in [-0.4, -0.2) is 21.8 Å². The summed E-state index contributed by atoms with van der Waals surface area (Å²) in [4.78, 5) is 28.6. The van der Waals surface area contributed by atoms with Crippen molar-refractivity contribution in [2.45, 2.75) is 32.4 Å². The molecule has 1 aromatic carbocycles. The quantitative estimate of drug-likeness (QED) is 0.826. The third-order valence-corrected chi connectivity index (χ3v) is 4.89. The number of fused-ring (bicyclic) bond motifs is 1. The number of pyridine rings is 1. The summed E-state index contributed by atoms with van der Waals surface area (Å²) in [5, 5.41) is 0. The number of amides is 1. The first-order chi connectivity index (χ1) is 10.9. The number of halogens is 2. The molecule has 2 atom stereocenters. The molecule has 0 saturated heterocycles. The van der Waals surface area contributed by atoms with E-state index in [1.54, 1.807) is 17.0 Å². The van der Waals surface area contributed by atoms with Crippen LogP contribution in [0.5, 0.6) is 0 Å². The monoisotopic (exact) mass is 378 g/mol. The average Bonchev–Trinajstić information content (AvgIpc) is 2.49. The molecule has 6 heteroatoms. The largest absolute Gasteiger partial charge is 0.329 e. The van der Waals surface area contributed by atoms with Crippen LogP contribution in [0.3, 0.4) is 0 Å². The van der Waals surface area contributed by atoms with Crippen LogP contribution in [0, 0.1) is 5.82 Å². The van der Waals surface area contributed by atoms with Crippen molar-refractivity contribution in [3.8, 4) is 0 Å². The fraction of sp³-hybridized carbons (Fsp3) is 0.294. The Morgan fingerprint density at radius 3 is 2.78 bits per heavy atom. The first-order valence-electron chi connectivity index (χ1n) is 7.37. The van der Waals surface area contributed by atoms with E-state index in [0.717, 1.165) is 11.1 Å². The van der Waals surface area contributed by atoms with Gasteiger partial charge in [0.2, 0.25) is 0 Å². The van der Waals surface area contributed by atoms with E-state index in [0.29, 0.717) is 16.5 Å². The highest BCUT2D eigenvalue weighted by Gasteiger charge is 2.33. The van der Waals surface area contributed by atoms with Gasteiger partial charge in [-0.05, 0) is 65.5 Å². The summed E-state index contributed by atoms with van der Waals surface area (Å²) in [6.07, 6.45) is 2.03. The van der Waals surface area contributed by atoms with Crippen LogP contribution < -0.4 is 5.56 Å². The summed E-state index contributed by atoms with van der Waals surface area (Å²) >= 11 is 3.15. The lowest BCUT2D eigenvalue weighted by Gasteiger charge is -2.40. The SMILES string of the molecule is CC1Cc2cc(F)ccc2C(C)N1C(=O)c1c[nH]c(=O)c(Br)c1. The van der Waals surface area contributed by atoms with E-state index in [4.69, 9.17) is 0 Å². The Hall–Kier alpha value is -1.95. The van der Waals surface area contributed by atoms with Gasteiger partial charge < -0.3 is 9.88 Å². The first-order valence-corrected chi connectivity index (χ1v) is 8.17. The molecular weight excluding hydrogens is 363 g/mol. The molecule has 1 amide bonds. The zero-order chi connectivity index (χ0) is 16.7. The van der Waals surface area contributed by atoms with Gasteiger partial charge in [-0.3, -0.25) is 9.59 Å². The zero-order valence-corrected chi connectivity index (χ0v) is 14.4. The minimum atomic E-state index is -0.276. The summed E-state index contributed by atoms with van der Waals surface area (Å²) in [5.41, 5.74) is 2.04. The van der Waals surface area contributed by atoms with Crippen molar-refractivity contribution in [3.63, 3.8) is 0 Å². The molecule has 2 unspecified atom stereocenters. The molecule has 23 heavy (non-hydrogen) atoms. The van der Waals surface area contributed by atoms with Crippen LogP contribution in [0.1, 0.15) is 41.4 Å². The molecule has 0 fully saturated rings. The lowest BCUT2D eigenvalue weighted by atomic mass is 9.89. The van der Waals surface area contributed by atoms with Gasteiger partial charge in [0.25, 0.3) is 11.5 Å². The Bertz CT molecular complexity index is 834. The fourth-order valence-electron chi connectivity index (χ4n) is 3.21. The maximum atomic E-state index is 13.4. The molecule has 0 spiro atoms. The molecule has 1 aliphatic rings. The normalized spacial score (nSPS) is 20.3. The molecule has 0 aliphatic carbocycles. The Morgan fingerprint density at radius 2 is 2.09 bits per heavy atom. The molecule has 1 aromatic heterocycles. The molecule has 1 aliphatic heterocycles. The second-order valence-corrected chi connectivity index (χ2v) is 6.70. The van der Waals surface area contributed by atoms with Gasteiger partial charge in [-0.2, -0.15) is 0 Å². The van der Waals surface area contributed by atoms with Crippen molar-refractivity contribution in [2.24, 2.45) is 0 Å². The number of nitrogens with one attached hydrogen (secondary N) is 1. The van der Waals surface area contributed by atoms with E-state index in [-0.39, 0.29) is 29.4 Å². The topological polar surface area (TPSA) is 53.2 Å². The number of hydrogen-bond donors (Lipinski definition) is 1. The summed E-state index contributed by atoms with van der Waals surface area (Å²) in [6, 6.07) is 6.01. The number of hydrogen-bond acceptors (Lipinski definition) is 2. The van der Waals surface area contributed by atoms with Crippen LogP contribution in [0.4, 0.5) is 4.39 Å². The third-order valence-electron chi connectivity index (χ3n) is 4.30. The van der Waals surface area contributed by atoms with Gasteiger partial charge in [0.1, 0.15) is 5.82 Å². The van der Waals surface area contributed by atoms with Gasteiger partial charge in [0, 0.05) is 12.2 Å². The molecule has 4 nitrogen and oxygen atoms in total. The van der Waals surface area contributed by atoms with Crippen molar-refractivity contribution in [1.29, 1.82) is 0 Å². The Kier molecular flexibility index (Phi) is 4.10. The summed E-state index contributed by atoms with van der Waals surface area (Å²) in [5.74, 6) is -0.413. The van der Waals surface area contributed by atoms with Gasteiger partial charge in [-0.15, -0.1) is 0 Å². The highest BCUT2D eigenvalue weighted by atomic mass is 79.9. The second-order valence-electron chi connectivity index (χ2n) is 5.85. The number of carbonyl (C=O) groups excluding carboxylic acids is 1. The van der Waals surface area contributed by atoms with Crippen molar-refractivity contribution in [1.82, 2.24) is 9.88 Å². The highest BCUT2D eigenvalue weighted by Crippen LogP contribution is 2.34. The van der Waals surface area contributed by atoms with E-state index in [1.807, 2.05) is 13.8 Å². The van der Waals surface area contributed by atoms with Crippen LogP contribution in [0.2, 0.25) is 0 Å². The van der Waals surface area contributed by atoms with Gasteiger partial charge in [-0.1, -0.05) is 6.07 Å². The van der Waals surface area contributed by atoms with Crippen molar-refractivity contribution in [2.75, 3.05) is 0 Å². The minimum absolute atomic E-state index is 0.0579. The summed E-state index contributed by atoms with van der Waals surface area (Å²) in [6.45, 7) is 3.88. The highest BCUT2D eigenvalue weighted by molar-refractivity contribution is 9.10. The minimum Gasteiger partial charge on any atom is -0.329 e. The predicted octanol–water partition coefficient (Wildman–Crippen LogP) is 3.42. The van der Waals surface area contributed by atoms with Gasteiger partial charge in [0.05, 0.1) is 16.1 Å². The van der Waals surface area contributed by atoms with E-state index < -0.39 is 0 Å². The number of aromatic amines is 1. The second kappa shape index (κ2) is 5.92. The van der Waals surface area contributed by atoms with E-state index >= 15 is 0 Å². The average molecular weight is 379 g/mol. The lowest BCUT2D eigenvalue weighted by molar-refractivity contribution is 0.0580. The fourth-order valence-corrected chi connectivity index (χ4v) is 3.57. The van der Waals surface area contributed by atoms with Gasteiger partial charge in [0.15, 0.2) is 0 Å². The standard InChI is InChI=1S/C17H16BrFN2O2/c1-9-5-11-6-13(19)3-4-14(11)10(2)21(9)17(23)12-7-15(18)16(22)20-8-12/h3-4,6-10H,5H2,1-2H3,(H,20,22). The Balaban J connectivity index is 1.99. The molecular formula is C17H16BrFN2O2. The maximum Gasteiger partial charge on any atom is 0.262 e. The maximum absolute atomic E-state index is 13.4. The number of nitrogens with zero attached hydrogens (tertiary/aromatic N) is 1. The number of benzene rings is 1. The Labute approximate surface area is 141 Å².